The smallest absolute Gasteiger partial charge is 0.305 e. The van der Waals surface area contributed by atoms with Crippen LogP contribution in [0.3, 0.4) is 0 Å². The number of thiazole rings is 1. The lowest BCUT2D eigenvalue weighted by Crippen LogP contribution is -2.25. The molecule has 6 heteroatoms. The molecule has 1 aliphatic carbocycles. The Labute approximate surface area is 170 Å². The van der Waals surface area contributed by atoms with Gasteiger partial charge in [-0.1, -0.05) is 13.8 Å². The van der Waals surface area contributed by atoms with Crippen LogP contribution in [0.4, 0.5) is 5.13 Å². The summed E-state index contributed by atoms with van der Waals surface area (Å²) in [5.74, 6) is 1.44. The molecule has 0 aliphatic heterocycles. The van der Waals surface area contributed by atoms with Crippen LogP contribution < -0.4 is 4.90 Å². The number of aryl methyl sites for hydroxylation is 1. The van der Waals surface area contributed by atoms with E-state index in [2.05, 4.69) is 43.2 Å². The van der Waals surface area contributed by atoms with E-state index < -0.39 is 5.97 Å². The van der Waals surface area contributed by atoms with Gasteiger partial charge in [-0.15, -0.1) is 22.7 Å². The summed E-state index contributed by atoms with van der Waals surface area (Å²) in [4.78, 5) is 20.7. The minimum atomic E-state index is -0.758. The summed E-state index contributed by atoms with van der Waals surface area (Å²) in [6, 6.07) is 4.26. The number of carboxylic acid groups (broad SMARTS) is 1. The molecule has 1 aliphatic rings. The van der Waals surface area contributed by atoms with Gasteiger partial charge in [-0.05, 0) is 56.6 Å². The highest BCUT2D eigenvalue weighted by molar-refractivity contribution is 7.14. The quantitative estimate of drug-likeness (QED) is 0.591. The van der Waals surface area contributed by atoms with E-state index in [4.69, 9.17) is 10.1 Å². The van der Waals surface area contributed by atoms with Crippen LogP contribution in [0.2, 0.25) is 0 Å². The Bertz CT molecular complexity index is 745. The number of carbonyl (C=O) groups is 1. The fourth-order valence-corrected chi connectivity index (χ4v) is 5.76. The Kier molecular flexibility index (Phi) is 6.93. The fraction of sp³-hybridized carbons (Fsp3) is 0.619. The molecule has 2 aromatic heterocycles. The molecule has 0 atom stereocenters. The maximum atomic E-state index is 11.1. The zero-order valence-electron chi connectivity index (χ0n) is 16.5. The lowest BCUT2D eigenvalue weighted by Gasteiger charge is -2.30. The van der Waals surface area contributed by atoms with E-state index in [0.29, 0.717) is 12.5 Å². The molecule has 148 valence electrons. The summed E-state index contributed by atoms with van der Waals surface area (Å²) < 4.78 is 0. The number of carboxylic acids is 1. The molecule has 2 aromatic rings. The number of nitrogens with zero attached hydrogens (tertiary/aromatic N) is 2. The van der Waals surface area contributed by atoms with Gasteiger partial charge in [0.1, 0.15) is 0 Å². The maximum Gasteiger partial charge on any atom is 0.305 e. The van der Waals surface area contributed by atoms with Crippen LogP contribution in [0.25, 0.3) is 0 Å². The molecular weight excluding hydrogens is 376 g/mol. The summed E-state index contributed by atoms with van der Waals surface area (Å²) in [6.45, 7) is 8.00. The number of thiophene rings is 1. The summed E-state index contributed by atoms with van der Waals surface area (Å²) >= 11 is 3.43. The summed E-state index contributed by atoms with van der Waals surface area (Å²) in [6.07, 6.45) is 5.19. The van der Waals surface area contributed by atoms with Gasteiger partial charge in [0, 0.05) is 27.6 Å². The second kappa shape index (κ2) is 9.20. The summed E-state index contributed by atoms with van der Waals surface area (Å²) in [5, 5.41) is 12.3. The fourth-order valence-electron chi connectivity index (χ4n) is 3.92. The van der Waals surface area contributed by atoms with Crippen molar-refractivity contribution in [1.29, 1.82) is 0 Å². The third-order valence-corrected chi connectivity index (χ3v) is 7.56. The van der Waals surface area contributed by atoms with E-state index in [1.807, 2.05) is 0 Å². The molecule has 0 saturated heterocycles. The number of hydrogen-bond acceptors (Lipinski definition) is 5. The lowest BCUT2D eigenvalue weighted by molar-refractivity contribution is -0.136. The molecule has 2 heterocycles. The molecular formula is C21H30N2O2S2. The normalized spacial score (nSPS) is 20.1. The van der Waals surface area contributed by atoms with Gasteiger partial charge in [-0.25, -0.2) is 4.98 Å². The van der Waals surface area contributed by atoms with Gasteiger partial charge in [-0.3, -0.25) is 4.79 Å². The van der Waals surface area contributed by atoms with Crippen molar-refractivity contribution in [2.45, 2.75) is 65.3 Å². The van der Waals surface area contributed by atoms with E-state index >= 15 is 0 Å². The summed E-state index contributed by atoms with van der Waals surface area (Å²) in [5.41, 5.74) is 1.21. The van der Waals surface area contributed by atoms with Gasteiger partial charge in [-0.2, -0.15) is 0 Å². The molecule has 0 bridgehead atoms. The molecule has 3 rings (SSSR count). The predicted molar refractivity (Wildman–Crippen MR) is 114 cm³/mol. The Morgan fingerprint density at radius 3 is 2.63 bits per heavy atom. The predicted octanol–water partition coefficient (Wildman–Crippen LogP) is 5.92. The second-order valence-corrected chi connectivity index (χ2v) is 10.2. The topological polar surface area (TPSA) is 53.4 Å². The van der Waals surface area contributed by atoms with Crippen molar-refractivity contribution < 1.29 is 9.90 Å². The number of aliphatic carboxylic acids is 1. The van der Waals surface area contributed by atoms with Crippen molar-refractivity contribution >= 4 is 33.8 Å². The van der Waals surface area contributed by atoms with Crippen LogP contribution in [0.1, 0.15) is 67.3 Å². The number of rotatable bonds is 8. The van der Waals surface area contributed by atoms with Crippen molar-refractivity contribution in [2.75, 3.05) is 11.4 Å². The Morgan fingerprint density at radius 2 is 2.04 bits per heavy atom. The first-order chi connectivity index (χ1) is 12.9. The van der Waals surface area contributed by atoms with E-state index in [1.165, 1.54) is 41.1 Å². The molecule has 0 aromatic carbocycles. The highest BCUT2D eigenvalue weighted by Crippen LogP contribution is 2.40. The number of anilines is 1. The monoisotopic (exact) mass is 406 g/mol. The molecule has 1 fully saturated rings. The Balaban J connectivity index is 1.68. The van der Waals surface area contributed by atoms with Crippen LogP contribution in [-0.2, 0) is 11.3 Å². The van der Waals surface area contributed by atoms with Crippen molar-refractivity contribution in [1.82, 2.24) is 4.98 Å². The van der Waals surface area contributed by atoms with Crippen molar-refractivity contribution in [2.24, 2.45) is 11.8 Å². The molecule has 0 radical (unpaired) electrons. The molecule has 4 nitrogen and oxygen atoms in total. The molecule has 1 saturated carbocycles. The maximum absolute atomic E-state index is 11.1. The largest absolute Gasteiger partial charge is 0.481 e. The summed E-state index contributed by atoms with van der Waals surface area (Å²) in [7, 11) is 0. The first-order valence-corrected chi connectivity index (χ1v) is 11.6. The zero-order chi connectivity index (χ0) is 19.4. The second-order valence-electron chi connectivity index (χ2n) is 7.99. The van der Waals surface area contributed by atoms with Crippen LogP contribution in [0.5, 0.6) is 0 Å². The van der Waals surface area contributed by atoms with Gasteiger partial charge in [0.25, 0.3) is 0 Å². The van der Waals surface area contributed by atoms with Crippen LogP contribution in [-0.4, -0.2) is 22.6 Å². The molecule has 0 spiro atoms. The number of hydrogen-bond donors (Lipinski definition) is 1. The van der Waals surface area contributed by atoms with Crippen LogP contribution in [0, 0.1) is 18.8 Å². The van der Waals surface area contributed by atoms with Gasteiger partial charge < -0.3 is 10.0 Å². The van der Waals surface area contributed by atoms with Crippen molar-refractivity contribution in [3.8, 4) is 0 Å². The van der Waals surface area contributed by atoms with E-state index in [-0.39, 0.29) is 6.42 Å². The minimum Gasteiger partial charge on any atom is -0.481 e. The van der Waals surface area contributed by atoms with Gasteiger partial charge in [0.15, 0.2) is 5.13 Å². The van der Waals surface area contributed by atoms with Crippen molar-refractivity contribution in [3.63, 3.8) is 0 Å². The SMILES string of the molecule is Cc1ccc(CN(CCC(=O)O)c2nc([C@H]3CC[C@H](C(C)C)CC3)cs2)s1. The third kappa shape index (κ3) is 5.55. The first-order valence-electron chi connectivity index (χ1n) is 9.90. The standard InChI is InChI=1S/C21H30N2O2S2/c1-14(2)16-5-7-17(8-6-16)19-13-26-21(22-19)23(11-10-20(24)25)12-18-9-4-15(3)27-18/h4,9,13-14,16-17H,5-8,10-12H2,1-3H3,(H,24,25)/t16-,17-. The molecule has 1 N–H and O–H groups in total. The first kappa shape index (κ1) is 20.3. The van der Waals surface area contributed by atoms with Gasteiger partial charge >= 0.3 is 5.97 Å². The highest BCUT2D eigenvalue weighted by Gasteiger charge is 2.26. The average molecular weight is 407 g/mol. The molecule has 27 heavy (non-hydrogen) atoms. The minimum absolute atomic E-state index is 0.138. The van der Waals surface area contributed by atoms with E-state index in [0.717, 1.165) is 23.5 Å². The van der Waals surface area contributed by atoms with Crippen LogP contribution >= 0.6 is 22.7 Å². The Hall–Kier alpha value is -1.40. The van der Waals surface area contributed by atoms with Gasteiger partial charge in [0.2, 0.25) is 0 Å². The van der Waals surface area contributed by atoms with E-state index in [1.54, 1.807) is 22.7 Å². The zero-order valence-corrected chi connectivity index (χ0v) is 18.1. The molecule has 0 amide bonds. The van der Waals surface area contributed by atoms with Crippen molar-refractivity contribution in [3.05, 3.63) is 33.0 Å². The molecule has 0 unspecified atom stereocenters. The lowest BCUT2D eigenvalue weighted by atomic mass is 9.76. The van der Waals surface area contributed by atoms with Crippen LogP contribution in [0.15, 0.2) is 17.5 Å². The van der Waals surface area contributed by atoms with E-state index in [9.17, 15) is 4.79 Å². The average Bonchev–Trinajstić information content (AvgIpc) is 3.27. The highest BCUT2D eigenvalue weighted by atomic mass is 32.1. The Morgan fingerprint density at radius 1 is 1.30 bits per heavy atom. The van der Waals surface area contributed by atoms with Gasteiger partial charge in [0.05, 0.1) is 18.7 Å². The third-order valence-electron chi connectivity index (χ3n) is 5.65. The number of aromatic nitrogens is 1.